The maximum atomic E-state index is 13.9. The van der Waals surface area contributed by atoms with Crippen molar-refractivity contribution in [1.82, 2.24) is 9.97 Å². The molecule has 2 N–H and O–H groups in total. The standard InChI is InChI=1S/C12H11BrFN3/c1-2-11-16-9(6-10(15)17-11)7-4-3-5-8(13)12(7)14/h3-6H,2H2,1H3,(H2,15,16,17). The molecular weight excluding hydrogens is 285 g/mol. The molecule has 88 valence electrons. The lowest BCUT2D eigenvalue weighted by Gasteiger charge is -2.06. The molecule has 17 heavy (non-hydrogen) atoms. The lowest BCUT2D eigenvalue weighted by Crippen LogP contribution is -2.01. The van der Waals surface area contributed by atoms with Crippen LogP contribution in [0.25, 0.3) is 11.3 Å². The molecule has 0 aliphatic carbocycles. The molecule has 0 bridgehead atoms. The van der Waals surface area contributed by atoms with E-state index in [9.17, 15) is 4.39 Å². The van der Waals surface area contributed by atoms with Crippen LogP contribution in [0.3, 0.4) is 0 Å². The van der Waals surface area contributed by atoms with Gasteiger partial charge in [0.05, 0.1) is 10.2 Å². The summed E-state index contributed by atoms with van der Waals surface area (Å²) < 4.78 is 14.3. The van der Waals surface area contributed by atoms with Gasteiger partial charge in [-0.1, -0.05) is 13.0 Å². The summed E-state index contributed by atoms with van der Waals surface area (Å²) in [5.41, 5.74) is 6.60. The summed E-state index contributed by atoms with van der Waals surface area (Å²) in [4.78, 5) is 8.33. The van der Waals surface area contributed by atoms with Crippen LogP contribution in [0.2, 0.25) is 0 Å². The first kappa shape index (κ1) is 12.0. The molecule has 2 aromatic rings. The second kappa shape index (κ2) is 4.79. The van der Waals surface area contributed by atoms with E-state index in [1.54, 1.807) is 24.3 Å². The van der Waals surface area contributed by atoms with Crippen molar-refractivity contribution in [2.24, 2.45) is 0 Å². The number of halogens is 2. The molecule has 2 rings (SSSR count). The topological polar surface area (TPSA) is 51.8 Å². The summed E-state index contributed by atoms with van der Waals surface area (Å²) in [7, 11) is 0. The maximum absolute atomic E-state index is 13.9. The fourth-order valence-electron chi connectivity index (χ4n) is 1.52. The molecule has 1 aromatic carbocycles. The predicted octanol–water partition coefficient (Wildman–Crippen LogP) is 3.19. The van der Waals surface area contributed by atoms with Crippen molar-refractivity contribution in [3.63, 3.8) is 0 Å². The van der Waals surface area contributed by atoms with E-state index in [2.05, 4.69) is 25.9 Å². The molecule has 0 saturated carbocycles. The Hall–Kier alpha value is -1.49. The number of nitrogens with two attached hydrogens (primary N) is 1. The Bertz CT molecular complexity index is 557. The van der Waals surface area contributed by atoms with Crippen LogP contribution in [-0.4, -0.2) is 9.97 Å². The normalized spacial score (nSPS) is 10.5. The van der Waals surface area contributed by atoms with E-state index >= 15 is 0 Å². The Morgan fingerprint density at radius 1 is 1.35 bits per heavy atom. The Morgan fingerprint density at radius 2 is 2.12 bits per heavy atom. The lowest BCUT2D eigenvalue weighted by molar-refractivity contribution is 0.624. The van der Waals surface area contributed by atoms with Crippen molar-refractivity contribution >= 4 is 21.7 Å². The van der Waals surface area contributed by atoms with Crippen LogP contribution in [0.5, 0.6) is 0 Å². The van der Waals surface area contributed by atoms with E-state index in [0.29, 0.717) is 33.8 Å². The Morgan fingerprint density at radius 3 is 2.82 bits per heavy atom. The third kappa shape index (κ3) is 2.44. The highest BCUT2D eigenvalue weighted by molar-refractivity contribution is 9.10. The molecule has 0 spiro atoms. The first-order valence-electron chi connectivity index (χ1n) is 5.19. The minimum Gasteiger partial charge on any atom is -0.384 e. The fraction of sp³-hybridized carbons (Fsp3) is 0.167. The summed E-state index contributed by atoms with van der Waals surface area (Å²) >= 11 is 3.15. The molecule has 0 saturated heterocycles. The van der Waals surface area contributed by atoms with Crippen LogP contribution in [0.15, 0.2) is 28.7 Å². The van der Waals surface area contributed by atoms with Gasteiger partial charge in [-0.05, 0) is 28.1 Å². The average Bonchev–Trinajstić information content (AvgIpc) is 2.31. The number of anilines is 1. The second-order valence-corrected chi connectivity index (χ2v) is 4.40. The van der Waals surface area contributed by atoms with Gasteiger partial charge in [0.2, 0.25) is 0 Å². The molecule has 1 aromatic heterocycles. The van der Waals surface area contributed by atoms with Gasteiger partial charge in [-0.2, -0.15) is 0 Å². The van der Waals surface area contributed by atoms with E-state index in [1.165, 1.54) is 0 Å². The maximum Gasteiger partial charge on any atom is 0.146 e. The third-order valence-electron chi connectivity index (χ3n) is 2.34. The average molecular weight is 296 g/mol. The molecule has 0 atom stereocenters. The number of rotatable bonds is 2. The number of nitrogens with zero attached hydrogens (tertiary/aromatic N) is 2. The van der Waals surface area contributed by atoms with Crippen LogP contribution in [0.4, 0.5) is 10.2 Å². The van der Waals surface area contributed by atoms with Gasteiger partial charge < -0.3 is 5.73 Å². The van der Waals surface area contributed by atoms with Crippen molar-refractivity contribution in [1.29, 1.82) is 0 Å². The molecule has 0 unspecified atom stereocenters. The summed E-state index contributed by atoms with van der Waals surface area (Å²) in [6, 6.07) is 6.64. The van der Waals surface area contributed by atoms with E-state index in [0.717, 1.165) is 0 Å². The van der Waals surface area contributed by atoms with Crippen molar-refractivity contribution in [2.75, 3.05) is 5.73 Å². The number of nitrogen functional groups attached to an aromatic ring is 1. The van der Waals surface area contributed by atoms with Crippen molar-refractivity contribution in [3.8, 4) is 11.3 Å². The van der Waals surface area contributed by atoms with Crippen LogP contribution >= 0.6 is 15.9 Å². The van der Waals surface area contributed by atoms with Crippen molar-refractivity contribution in [3.05, 3.63) is 40.4 Å². The zero-order valence-corrected chi connectivity index (χ0v) is 10.8. The van der Waals surface area contributed by atoms with Gasteiger partial charge in [0.25, 0.3) is 0 Å². The number of aromatic nitrogens is 2. The summed E-state index contributed by atoms with van der Waals surface area (Å²) in [6.07, 6.45) is 0.660. The first-order chi connectivity index (χ1) is 8.11. The van der Waals surface area contributed by atoms with Crippen LogP contribution in [0.1, 0.15) is 12.7 Å². The molecule has 3 nitrogen and oxygen atoms in total. The van der Waals surface area contributed by atoms with Crippen LogP contribution < -0.4 is 5.73 Å². The zero-order valence-electron chi connectivity index (χ0n) is 9.24. The number of hydrogen-bond donors (Lipinski definition) is 1. The minimum absolute atomic E-state index is 0.340. The minimum atomic E-state index is -0.340. The molecule has 5 heteroatoms. The quantitative estimate of drug-likeness (QED) is 0.926. The van der Waals surface area contributed by atoms with Crippen molar-refractivity contribution in [2.45, 2.75) is 13.3 Å². The van der Waals surface area contributed by atoms with E-state index in [-0.39, 0.29) is 5.82 Å². The molecule has 0 aliphatic rings. The van der Waals surface area contributed by atoms with Crippen LogP contribution in [0, 0.1) is 5.82 Å². The SMILES string of the molecule is CCc1nc(N)cc(-c2cccc(Br)c2F)n1. The summed E-state index contributed by atoms with van der Waals surface area (Å²) in [5.74, 6) is 0.623. The molecule has 0 radical (unpaired) electrons. The third-order valence-corrected chi connectivity index (χ3v) is 2.95. The summed E-state index contributed by atoms with van der Waals surface area (Å²) in [6.45, 7) is 1.93. The lowest BCUT2D eigenvalue weighted by atomic mass is 10.1. The Kier molecular flexibility index (Phi) is 3.38. The van der Waals surface area contributed by atoms with Crippen LogP contribution in [-0.2, 0) is 6.42 Å². The highest BCUT2D eigenvalue weighted by atomic mass is 79.9. The van der Waals surface area contributed by atoms with Gasteiger partial charge in [-0.15, -0.1) is 0 Å². The summed E-state index contributed by atoms with van der Waals surface area (Å²) in [5, 5.41) is 0. The highest BCUT2D eigenvalue weighted by Crippen LogP contribution is 2.27. The van der Waals surface area contributed by atoms with E-state index in [4.69, 9.17) is 5.73 Å². The van der Waals surface area contributed by atoms with E-state index < -0.39 is 0 Å². The van der Waals surface area contributed by atoms with Gasteiger partial charge >= 0.3 is 0 Å². The van der Waals surface area contributed by atoms with Gasteiger partial charge in [-0.25, -0.2) is 14.4 Å². The zero-order chi connectivity index (χ0) is 12.4. The number of hydrogen-bond acceptors (Lipinski definition) is 3. The van der Waals surface area contributed by atoms with Gasteiger partial charge in [0.15, 0.2) is 0 Å². The first-order valence-corrected chi connectivity index (χ1v) is 5.99. The largest absolute Gasteiger partial charge is 0.384 e. The van der Waals surface area contributed by atoms with Gasteiger partial charge in [0.1, 0.15) is 17.5 Å². The molecule has 0 fully saturated rings. The highest BCUT2D eigenvalue weighted by Gasteiger charge is 2.11. The van der Waals surface area contributed by atoms with Gasteiger partial charge in [0, 0.05) is 18.1 Å². The second-order valence-electron chi connectivity index (χ2n) is 3.55. The Balaban J connectivity index is 2.60. The predicted molar refractivity (Wildman–Crippen MR) is 68.9 cm³/mol. The number of aryl methyl sites for hydroxylation is 1. The Labute approximate surface area is 107 Å². The molecule has 0 aliphatic heterocycles. The van der Waals surface area contributed by atoms with Crippen molar-refractivity contribution < 1.29 is 4.39 Å². The molecular formula is C12H11BrFN3. The molecule has 1 heterocycles. The monoisotopic (exact) mass is 295 g/mol. The molecule has 0 amide bonds. The fourth-order valence-corrected chi connectivity index (χ4v) is 1.88. The van der Waals surface area contributed by atoms with Gasteiger partial charge in [-0.3, -0.25) is 0 Å². The van der Waals surface area contributed by atoms with E-state index in [1.807, 2.05) is 6.92 Å². The number of benzene rings is 1. The smallest absolute Gasteiger partial charge is 0.146 e.